The average Bonchev–Trinajstić information content (AvgIpc) is 1.83. The molecular formula is C7H9ClO. The van der Waals surface area contributed by atoms with E-state index in [0.29, 0.717) is 5.03 Å². The number of allylic oxidation sites excluding steroid dienone is 1. The lowest BCUT2D eigenvalue weighted by Gasteiger charge is -2.16. The maximum Gasteiger partial charge on any atom is 0.110 e. The third-order valence-corrected chi connectivity index (χ3v) is 1.81. The molecule has 0 aliphatic heterocycles. The lowest BCUT2D eigenvalue weighted by atomic mass is 10.0. The fourth-order valence-corrected chi connectivity index (χ4v) is 1.10. The summed E-state index contributed by atoms with van der Waals surface area (Å²) in [4.78, 5) is 0. The molecule has 1 aliphatic carbocycles. The molecule has 0 aromatic heterocycles. The van der Waals surface area contributed by atoms with E-state index in [2.05, 4.69) is 6.58 Å². The van der Waals surface area contributed by atoms with Crippen LogP contribution in [0.1, 0.15) is 12.8 Å². The standard InChI is InChI=1S/C7H9ClO/c1-5-3-2-4-6(8)7(5)9/h4,7,9H,1-3H2. The molecule has 1 aliphatic rings. The SMILES string of the molecule is C=C1CCC=C(Cl)C1O. The van der Waals surface area contributed by atoms with Gasteiger partial charge in [0, 0.05) is 5.03 Å². The van der Waals surface area contributed by atoms with Crippen molar-refractivity contribution >= 4 is 11.6 Å². The van der Waals surface area contributed by atoms with Crippen LogP contribution in [0.25, 0.3) is 0 Å². The Morgan fingerprint density at radius 3 is 2.89 bits per heavy atom. The Morgan fingerprint density at radius 1 is 1.78 bits per heavy atom. The molecule has 0 spiro atoms. The van der Waals surface area contributed by atoms with Crippen LogP contribution in [0.15, 0.2) is 23.3 Å². The van der Waals surface area contributed by atoms with Crippen LogP contribution < -0.4 is 0 Å². The molecule has 0 heterocycles. The van der Waals surface area contributed by atoms with E-state index in [0.717, 1.165) is 18.4 Å². The van der Waals surface area contributed by atoms with E-state index in [4.69, 9.17) is 16.7 Å². The lowest BCUT2D eigenvalue weighted by molar-refractivity contribution is 0.246. The molecular weight excluding hydrogens is 136 g/mol. The smallest absolute Gasteiger partial charge is 0.110 e. The van der Waals surface area contributed by atoms with Gasteiger partial charge in [0.1, 0.15) is 6.10 Å². The number of hydrogen-bond acceptors (Lipinski definition) is 1. The maximum atomic E-state index is 9.15. The van der Waals surface area contributed by atoms with E-state index in [1.807, 2.05) is 6.08 Å². The van der Waals surface area contributed by atoms with Crippen molar-refractivity contribution in [3.63, 3.8) is 0 Å². The minimum atomic E-state index is -0.597. The van der Waals surface area contributed by atoms with Gasteiger partial charge in [-0.2, -0.15) is 0 Å². The summed E-state index contributed by atoms with van der Waals surface area (Å²) >= 11 is 5.61. The van der Waals surface area contributed by atoms with Crippen molar-refractivity contribution in [3.8, 4) is 0 Å². The second kappa shape index (κ2) is 2.54. The Balaban J connectivity index is 2.74. The normalized spacial score (nSPS) is 28.0. The van der Waals surface area contributed by atoms with Crippen LogP contribution in [-0.2, 0) is 0 Å². The van der Waals surface area contributed by atoms with E-state index in [1.165, 1.54) is 0 Å². The summed E-state index contributed by atoms with van der Waals surface area (Å²) in [6, 6.07) is 0. The summed E-state index contributed by atoms with van der Waals surface area (Å²) < 4.78 is 0. The molecule has 1 rings (SSSR count). The first-order valence-corrected chi connectivity index (χ1v) is 3.31. The monoisotopic (exact) mass is 144 g/mol. The number of hydrogen-bond donors (Lipinski definition) is 1. The van der Waals surface area contributed by atoms with Gasteiger partial charge in [0.15, 0.2) is 0 Å². The summed E-state index contributed by atoms with van der Waals surface area (Å²) in [6.45, 7) is 3.67. The topological polar surface area (TPSA) is 20.2 Å². The summed E-state index contributed by atoms with van der Waals surface area (Å²) in [5.74, 6) is 0. The first kappa shape index (κ1) is 6.84. The third-order valence-electron chi connectivity index (χ3n) is 1.45. The van der Waals surface area contributed by atoms with Gasteiger partial charge in [-0.05, 0) is 18.4 Å². The second-order valence-electron chi connectivity index (χ2n) is 2.19. The summed E-state index contributed by atoms with van der Waals surface area (Å²) in [6.07, 6.45) is 3.01. The van der Waals surface area contributed by atoms with E-state index >= 15 is 0 Å². The number of halogens is 1. The van der Waals surface area contributed by atoms with Crippen LogP contribution in [-0.4, -0.2) is 11.2 Å². The average molecular weight is 145 g/mol. The fraction of sp³-hybridized carbons (Fsp3) is 0.429. The first-order valence-electron chi connectivity index (χ1n) is 2.93. The van der Waals surface area contributed by atoms with Crippen molar-refractivity contribution < 1.29 is 5.11 Å². The molecule has 0 radical (unpaired) electrons. The van der Waals surface area contributed by atoms with E-state index in [1.54, 1.807) is 0 Å². The van der Waals surface area contributed by atoms with Gasteiger partial charge >= 0.3 is 0 Å². The molecule has 0 amide bonds. The van der Waals surface area contributed by atoms with Crippen LogP contribution in [0.3, 0.4) is 0 Å². The minimum absolute atomic E-state index is 0.520. The Morgan fingerprint density at radius 2 is 2.44 bits per heavy atom. The quantitative estimate of drug-likeness (QED) is 0.515. The van der Waals surface area contributed by atoms with Crippen molar-refractivity contribution in [1.29, 1.82) is 0 Å². The van der Waals surface area contributed by atoms with Crippen LogP contribution in [0.4, 0.5) is 0 Å². The summed E-state index contributed by atoms with van der Waals surface area (Å²) in [7, 11) is 0. The van der Waals surface area contributed by atoms with Gasteiger partial charge in [-0.15, -0.1) is 0 Å². The highest BCUT2D eigenvalue weighted by Crippen LogP contribution is 2.24. The van der Waals surface area contributed by atoms with Crippen molar-refractivity contribution in [2.45, 2.75) is 18.9 Å². The molecule has 1 atom stereocenters. The van der Waals surface area contributed by atoms with Gasteiger partial charge in [0.25, 0.3) is 0 Å². The predicted octanol–water partition coefficient (Wildman–Crippen LogP) is 1.82. The molecule has 0 aromatic rings. The van der Waals surface area contributed by atoms with Gasteiger partial charge in [0.05, 0.1) is 0 Å². The molecule has 1 N–H and O–H groups in total. The van der Waals surface area contributed by atoms with E-state index < -0.39 is 6.10 Å². The zero-order valence-corrected chi connectivity index (χ0v) is 5.86. The molecule has 9 heavy (non-hydrogen) atoms. The highest BCUT2D eigenvalue weighted by Gasteiger charge is 2.15. The van der Waals surface area contributed by atoms with Gasteiger partial charge in [0.2, 0.25) is 0 Å². The van der Waals surface area contributed by atoms with Gasteiger partial charge in [-0.25, -0.2) is 0 Å². The summed E-state index contributed by atoms with van der Waals surface area (Å²) in [5, 5.41) is 9.67. The van der Waals surface area contributed by atoms with E-state index in [9.17, 15) is 0 Å². The molecule has 0 bridgehead atoms. The minimum Gasteiger partial charge on any atom is -0.383 e. The van der Waals surface area contributed by atoms with E-state index in [-0.39, 0.29) is 0 Å². The van der Waals surface area contributed by atoms with Crippen molar-refractivity contribution in [2.75, 3.05) is 0 Å². The molecule has 0 fully saturated rings. The third kappa shape index (κ3) is 1.35. The van der Waals surface area contributed by atoms with Crippen molar-refractivity contribution in [3.05, 3.63) is 23.3 Å². The lowest BCUT2D eigenvalue weighted by Crippen LogP contribution is -2.12. The summed E-state index contributed by atoms with van der Waals surface area (Å²) in [5.41, 5.74) is 0.822. The second-order valence-corrected chi connectivity index (χ2v) is 2.62. The Bertz CT molecular complexity index is 160. The molecule has 0 saturated carbocycles. The number of rotatable bonds is 0. The highest BCUT2D eigenvalue weighted by atomic mass is 35.5. The molecule has 0 saturated heterocycles. The fourth-order valence-electron chi connectivity index (χ4n) is 0.839. The van der Waals surface area contributed by atoms with Crippen molar-refractivity contribution in [1.82, 2.24) is 0 Å². The molecule has 2 heteroatoms. The molecule has 1 unspecified atom stereocenters. The van der Waals surface area contributed by atoms with Crippen LogP contribution in [0.5, 0.6) is 0 Å². The zero-order valence-electron chi connectivity index (χ0n) is 5.10. The van der Waals surface area contributed by atoms with Crippen LogP contribution in [0.2, 0.25) is 0 Å². The largest absolute Gasteiger partial charge is 0.383 e. The molecule has 0 aromatic carbocycles. The van der Waals surface area contributed by atoms with Gasteiger partial charge in [-0.3, -0.25) is 0 Å². The number of aliphatic hydroxyl groups excluding tert-OH is 1. The Kier molecular flexibility index (Phi) is 1.94. The van der Waals surface area contributed by atoms with Crippen molar-refractivity contribution in [2.24, 2.45) is 0 Å². The molecule has 1 nitrogen and oxygen atoms in total. The Labute approximate surface area is 59.6 Å². The zero-order chi connectivity index (χ0) is 6.85. The first-order chi connectivity index (χ1) is 4.22. The molecule has 50 valence electrons. The predicted molar refractivity (Wildman–Crippen MR) is 38.3 cm³/mol. The Hall–Kier alpha value is -0.270. The van der Waals surface area contributed by atoms with Gasteiger partial charge < -0.3 is 5.11 Å². The highest BCUT2D eigenvalue weighted by molar-refractivity contribution is 6.30. The van der Waals surface area contributed by atoms with Crippen LogP contribution >= 0.6 is 11.6 Å². The maximum absolute atomic E-state index is 9.15. The number of aliphatic hydroxyl groups is 1. The van der Waals surface area contributed by atoms with Crippen LogP contribution in [0, 0.1) is 0 Å². The van der Waals surface area contributed by atoms with Gasteiger partial charge in [-0.1, -0.05) is 24.3 Å².